The van der Waals surface area contributed by atoms with Crippen molar-refractivity contribution >= 4 is 15.7 Å². The number of hydrogen-bond acceptors (Lipinski definition) is 3. The Morgan fingerprint density at radius 3 is 2.50 bits per heavy atom. The van der Waals surface area contributed by atoms with Gasteiger partial charge in [-0.3, -0.25) is 4.79 Å². The molecule has 114 valence electrons. The summed E-state index contributed by atoms with van der Waals surface area (Å²) in [5, 5.41) is 0. The first-order chi connectivity index (χ1) is 10.4. The van der Waals surface area contributed by atoms with Crippen LogP contribution < -0.4 is 0 Å². The molecule has 1 amide bonds. The van der Waals surface area contributed by atoms with E-state index in [1.807, 2.05) is 18.2 Å². The molecule has 0 spiro atoms. The lowest BCUT2D eigenvalue weighted by molar-refractivity contribution is 0.0734. The summed E-state index contributed by atoms with van der Waals surface area (Å²) in [5.41, 5.74) is 2.85. The number of carbonyl (C=O) groups is 1. The van der Waals surface area contributed by atoms with Crippen molar-refractivity contribution < 1.29 is 13.2 Å². The molecule has 0 bridgehead atoms. The average Bonchev–Trinajstić information content (AvgIpc) is 2.53. The minimum atomic E-state index is -3.31. The molecule has 0 fully saturated rings. The van der Waals surface area contributed by atoms with Crippen LogP contribution in [0.2, 0.25) is 0 Å². The second kappa shape index (κ2) is 5.57. The van der Waals surface area contributed by atoms with Crippen molar-refractivity contribution in [1.82, 2.24) is 4.90 Å². The Bertz CT molecular complexity index is 827. The van der Waals surface area contributed by atoms with Gasteiger partial charge in [-0.15, -0.1) is 0 Å². The molecular formula is C17H17NO3S. The number of nitrogens with zero attached hydrogens (tertiary/aromatic N) is 1. The Balaban J connectivity index is 1.87. The van der Waals surface area contributed by atoms with Gasteiger partial charge in [0.15, 0.2) is 9.84 Å². The Morgan fingerprint density at radius 1 is 1.05 bits per heavy atom. The van der Waals surface area contributed by atoms with Gasteiger partial charge in [0.05, 0.1) is 4.90 Å². The molecule has 2 aromatic rings. The second-order valence-corrected chi connectivity index (χ2v) is 7.56. The summed E-state index contributed by atoms with van der Waals surface area (Å²) in [4.78, 5) is 14.6. The van der Waals surface area contributed by atoms with E-state index >= 15 is 0 Å². The van der Waals surface area contributed by atoms with Crippen molar-refractivity contribution in [3.05, 3.63) is 65.2 Å². The van der Waals surface area contributed by atoms with Gasteiger partial charge < -0.3 is 4.90 Å². The maximum Gasteiger partial charge on any atom is 0.254 e. The second-order valence-electron chi connectivity index (χ2n) is 5.55. The summed E-state index contributed by atoms with van der Waals surface area (Å²) in [6.45, 7) is 1.22. The number of benzene rings is 2. The first-order valence-corrected chi connectivity index (χ1v) is 9.00. The molecule has 2 aromatic carbocycles. The molecule has 1 aliphatic heterocycles. The van der Waals surface area contributed by atoms with Crippen LogP contribution in [0.3, 0.4) is 0 Å². The molecule has 5 heteroatoms. The fourth-order valence-electron chi connectivity index (χ4n) is 2.71. The van der Waals surface area contributed by atoms with Crippen LogP contribution in [-0.4, -0.2) is 32.0 Å². The molecule has 0 radical (unpaired) electrons. The molecule has 0 unspecified atom stereocenters. The summed E-state index contributed by atoms with van der Waals surface area (Å²) in [6, 6.07) is 14.3. The normalized spacial score (nSPS) is 14.5. The molecule has 4 nitrogen and oxygen atoms in total. The SMILES string of the molecule is CS(=O)(=O)c1cccc(C(=O)N2CCc3ccccc3C2)c1. The molecule has 1 heterocycles. The third-order valence-electron chi connectivity index (χ3n) is 3.93. The largest absolute Gasteiger partial charge is 0.334 e. The van der Waals surface area contributed by atoms with Gasteiger partial charge in [-0.1, -0.05) is 30.3 Å². The van der Waals surface area contributed by atoms with Gasteiger partial charge >= 0.3 is 0 Å². The van der Waals surface area contributed by atoms with E-state index in [4.69, 9.17) is 0 Å². The van der Waals surface area contributed by atoms with Crippen LogP contribution in [0.4, 0.5) is 0 Å². The molecule has 3 rings (SSSR count). The minimum Gasteiger partial charge on any atom is -0.334 e. The summed E-state index contributed by atoms with van der Waals surface area (Å²) in [6.07, 6.45) is 1.97. The lowest BCUT2D eigenvalue weighted by Gasteiger charge is -2.29. The molecule has 0 atom stereocenters. The van der Waals surface area contributed by atoms with E-state index in [1.165, 1.54) is 17.7 Å². The maximum absolute atomic E-state index is 12.6. The van der Waals surface area contributed by atoms with E-state index in [9.17, 15) is 13.2 Å². The van der Waals surface area contributed by atoms with E-state index in [0.717, 1.165) is 18.2 Å². The van der Waals surface area contributed by atoms with Crippen molar-refractivity contribution in [1.29, 1.82) is 0 Å². The lowest BCUT2D eigenvalue weighted by Crippen LogP contribution is -2.35. The fraction of sp³-hybridized carbons (Fsp3) is 0.235. The van der Waals surface area contributed by atoms with Crippen molar-refractivity contribution in [2.24, 2.45) is 0 Å². The minimum absolute atomic E-state index is 0.125. The predicted molar refractivity (Wildman–Crippen MR) is 84.4 cm³/mol. The number of amides is 1. The van der Waals surface area contributed by atoms with Crippen molar-refractivity contribution in [3.63, 3.8) is 0 Å². The van der Waals surface area contributed by atoms with Gasteiger partial charge in [0.25, 0.3) is 5.91 Å². The first-order valence-electron chi connectivity index (χ1n) is 7.11. The molecule has 0 saturated heterocycles. The third-order valence-corrected chi connectivity index (χ3v) is 5.04. The molecule has 0 N–H and O–H groups in total. The summed E-state index contributed by atoms with van der Waals surface area (Å²) < 4.78 is 23.2. The Morgan fingerprint density at radius 2 is 1.77 bits per heavy atom. The monoisotopic (exact) mass is 315 g/mol. The molecule has 0 aromatic heterocycles. The molecular weight excluding hydrogens is 298 g/mol. The van der Waals surface area contributed by atoms with Crippen molar-refractivity contribution in [3.8, 4) is 0 Å². The van der Waals surface area contributed by atoms with Crippen molar-refractivity contribution in [2.75, 3.05) is 12.8 Å². The van der Waals surface area contributed by atoms with Gasteiger partial charge in [-0.2, -0.15) is 0 Å². The van der Waals surface area contributed by atoms with Crippen LogP contribution in [0.5, 0.6) is 0 Å². The average molecular weight is 315 g/mol. The Hall–Kier alpha value is -2.14. The Labute approximate surface area is 130 Å². The maximum atomic E-state index is 12.6. The van der Waals surface area contributed by atoms with E-state index in [0.29, 0.717) is 18.7 Å². The quantitative estimate of drug-likeness (QED) is 0.854. The lowest BCUT2D eigenvalue weighted by atomic mass is 9.99. The highest BCUT2D eigenvalue weighted by atomic mass is 32.2. The number of fused-ring (bicyclic) bond motifs is 1. The smallest absolute Gasteiger partial charge is 0.254 e. The van der Waals surface area contributed by atoms with Gasteiger partial charge in [0.1, 0.15) is 0 Å². The zero-order chi connectivity index (χ0) is 15.7. The van der Waals surface area contributed by atoms with Gasteiger partial charge in [-0.25, -0.2) is 8.42 Å². The number of carbonyl (C=O) groups excluding carboxylic acids is 1. The summed E-state index contributed by atoms with van der Waals surface area (Å²) in [7, 11) is -3.31. The molecule has 22 heavy (non-hydrogen) atoms. The van der Waals surface area contributed by atoms with Crippen molar-refractivity contribution in [2.45, 2.75) is 17.9 Å². The predicted octanol–water partition coefficient (Wildman–Crippen LogP) is 2.29. The summed E-state index contributed by atoms with van der Waals surface area (Å²) in [5.74, 6) is -0.125. The highest BCUT2D eigenvalue weighted by Gasteiger charge is 2.22. The zero-order valence-corrected chi connectivity index (χ0v) is 13.1. The molecule has 0 aliphatic carbocycles. The number of rotatable bonds is 2. The van der Waals surface area contributed by atoms with Gasteiger partial charge in [0.2, 0.25) is 0 Å². The van der Waals surface area contributed by atoms with E-state index in [1.54, 1.807) is 17.0 Å². The highest BCUT2D eigenvalue weighted by Crippen LogP contribution is 2.21. The highest BCUT2D eigenvalue weighted by molar-refractivity contribution is 7.90. The van der Waals surface area contributed by atoms with Crippen LogP contribution in [0.15, 0.2) is 53.4 Å². The zero-order valence-electron chi connectivity index (χ0n) is 12.3. The number of hydrogen-bond donors (Lipinski definition) is 0. The van der Waals surface area contributed by atoms with Crippen LogP contribution in [0.1, 0.15) is 21.5 Å². The van der Waals surface area contributed by atoms with Gasteiger partial charge in [0, 0.05) is 24.9 Å². The van der Waals surface area contributed by atoms with E-state index in [-0.39, 0.29) is 10.8 Å². The fourth-order valence-corrected chi connectivity index (χ4v) is 3.38. The summed E-state index contributed by atoms with van der Waals surface area (Å²) >= 11 is 0. The Kier molecular flexibility index (Phi) is 3.74. The van der Waals surface area contributed by atoms with E-state index in [2.05, 4.69) is 6.07 Å². The van der Waals surface area contributed by atoms with Crippen LogP contribution >= 0.6 is 0 Å². The first kappa shape index (κ1) is 14.8. The van der Waals surface area contributed by atoms with E-state index < -0.39 is 9.84 Å². The molecule has 1 aliphatic rings. The van der Waals surface area contributed by atoms with Gasteiger partial charge in [-0.05, 0) is 35.7 Å². The van der Waals surface area contributed by atoms with Crippen LogP contribution in [0, 0.1) is 0 Å². The van der Waals surface area contributed by atoms with Crippen LogP contribution in [0.25, 0.3) is 0 Å². The van der Waals surface area contributed by atoms with Crippen LogP contribution in [-0.2, 0) is 22.8 Å². The standard InChI is InChI=1S/C17H17NO3S/c1-22(20,21)16-8-4-7-14(11-16)17(19)18-10-9-13-5-2-3-6-15(13)12-18/h2-8,11H,9-10,12H2,1H3. The third kappa shape index (κ3) is 2.90. The molecule has 0 saturated carbocycles. The number of sulfone groups is 1. The topological polar surface area (TPSA) is 54.5 Å².